The molecular formula is C13H18ClN3O. The second-order valence-electron chi connectivity index (χ2n) is 4.78. The smallest absolute Gasteiger partial charge is 0.272 e. The third-order valence-electron chi connectivity index (χ3n) is 3.27. The molecule has 2 heterocycles. The molecule has 5 heteroatoms. The molecule has 1 fully saturated rings. The fourth-order valence-corrected chi connectivity index (χ4v) is 2.28. The highest BCUT2D eigenvalue weighted by atomic mass is 35.5. The minimum atomic E-state index is -0.0269. The molecular weight excluding hydrogens is 250 g/mol. The van der Waals surface area contributed by atoms with Gasteiger partial charge in [0.05, 0.1) is 0 Å². The summed E-state index contributed by atoms with van der Waals surface area (Å²) in [5, 5.41) is 0.550. The highest BCUT2D eigenvalue weighted by Crippen LogP contribution is 2.12. The monoisotopic (exact) mass is 267 g/mol. The van der Waals surface area contributed by atoms with Crippen molar-refractivity contribution in [2.24, 2.45) is 0 Å². The molecule has 0 N–H and O–H groups in total. The number of aromatic nitrogens is 1. The van der Waals surface area contributed by atoms with Crippen LogP contribution in [0.1, 0.15) is 24.3 Å². The lowest BCUT2D eigenvalue weighted by atomic mass is 10.2. The first kappa shape index (κ1) is 13.3. The standard InChI is InChI=1S/C13H18ClN3O/c1-10(2)16-5-7-17(8-6-16)13(18)12-9-11(14)3-4-15-12/h3-4,9-10H,5-8H2,1-2H3. The van der Waals surface area contributed by atoms with Gasteiger partial charge in [-0.25, -0.2) is 0 Å². The number of amides is 1. The number of hydrogen-bond donors (Lipinski definition) is 0. The zero-order chi connectivity index (χ0) is 13.1. The Labute approximate surface area is 113 Å². The van der Waals surface area contributed by atoms with E-state index in [1.807, 2.05) is 4.90 Å². The maximum absolute atomic E-state index is 12.2. The molecule has 0 bridgehead atoms. The van der Waals surface area contributed by atoms with E-state index >= 15 is 0 Å². The maximum atomic E-state index is 12.2. The second kappa shape index (κ2) is 5.67. The number of rotatable bonds is 2. The van der Waals surface area contributed by atoms with Crippen LogP contribution in [0.2, 0.25) is 5.02 Å². The first-order valence-electron chi connectivity index (χ1n) is 6.23. The van der Waals surface area contributed by atoms with Crippen LogP contribution in [0.5, 0.6) is 0 Å². The first-order valence-corrected chi connectivity index (χ1v) is 6.60. The van der Waals surface area contributed by atoms with E-state index < -0.39 is 0 Å². The molecule has 1 aromatic heterocycles. The molecule has 98 valence electrons. The molecule has 1 aliphatic rings. The van der Waals surface area contributed by atoms with E-state index in [2.05, 4.69) is 23.7 Å². The third kappa shape index (κ3) is 3.00. The van der Waals surface area contributed by atoms with Gasteiger partial charge in [-0.15, -0.1) is 0 Å². The van der Waals surface area contributed by atoms with Crippen molar-refractivity contribution in [1.29, 1.82) is 0 Å². The Kier molecular flexibility index (Phi) is 4.19. The fraction of sp³-hybridized carbons (Fsp3) is 0.538. The van der Waals surface area contributed by atoms with E-state index in [4.69, 9.17) is 11.6 Å². The number of hydrogen-bond acceptors (Lipinski definition) is 3. The van der Waals surface area contributed by atoms with Crippen LogP contribution < -0.4 is 0 Å². The molecule has 18 heavy (non-hydrogen) atoms. The van der Waals surface area contributed by atoms with E-state index in [0.717, 1.165) is 26.2 Å². The zero-order valence-corrected chi connectivity index (χ0v) is 11.5. The number of halogens is 1. The van der Waals surface area contributed by atoms with Crippen LogP contribution in [0.15, 0.2) is 18.3 Å². The Hall–Kier alpha value is -1.13. The molecule has 2 rings (SSSR count). The number of carbonyl (C=O) groups excluding carboxylic acids is 1. The average Bonchev–Trinajstić information content (AvgIpc) is 2.38. The summed E-state index contributed by atoms with van der Waals surface area (Å²) in [5.41, 5.74) is 0.431. The van der Waals surface area contributed by atoms with Gasteiger partial charge < -0.3 is 4.90 Å². The first-order chi connectivity index (χ1) is 8.58. The third-order valence-corrected chi connectivity index (χ3v) is 3.51. The topological polar surface area (TPSA) is 36.4 Å². The van der Waals surface area contributed by atoms with Crippen molar-refractivity contribution >= 4 is 17.5 Å². The molecule has 0 atom stereocenters. The van der Waals surface area contributed by atoms with Crippen LogP contribution in [0.3, 0.4) is 0 Å². The lowest BCUT2D eigenvalue weighted by Crippen LogP contribution is -2.50. The van der Waals surface area contributed by atoms with Crippen molar-refractivity contribution in [1.82, 2.24) is 14.8 Å². The van der Waals surface area contributed by atoms with Crippen LogP contribution in [0.4, 0.5) is 0 Å². The van der Waals surface area contributed by atoms with E-state index in [9.17, 15) is 4.79 Å². The largest absolute Gasteiger partial charge is 0.335 e. The van der Waals surface area contributed by atoms with E-state index in [1.54, 1.807) is 18.3 Å². The minimum Gasteiger partial charge on any atom is -0.335 e. The molecule has 1 aromatic rings. The molecule has 0 aliphatic carbocycles. The van der Waals surface area contributed by atoms with Gasteiger partial charge in [-0.2, -0.15) is 0 Å². The molecule has 4 nitrogen and oxygen atoms in total. The highest BCUT2D eigenvalue weighted by Gasteiger charge is 2.23. The van der Waals surface area contributed by atoms with E-state index in [0.29, 0.717) is 16.8 Å². The Morgan fingerprint density at radius 2 is 2.00 bits per heavy atom. The molecule has 0 aromatic carbocycles. The quantitative estimate of drug-likeness (QED) is 0.821. The Morgan fingerprint density at radius 3 is 2.56 bits per heavy atom. The number of carbonyl (C=O) groups is 1. The van der Waals surface area contributed by atoms with Crippen molar-refractivity contribution in [2.45, 2.75) is 19.9 Å². The van der Waals surface area contributed by atoms with Crippen LogP contribution in [0.25, 0.3) is 0 Å². The lowest BCUT2D eigenvalue weighted by molar-refractivity contribution is 0.0590. The molecule has 0 radical (unpaired) electrons. The molecule has 1 aliphatic heterocycles. The van der Waals surface area contributed by atoms with Crippen molar-refractivity contribution in [3.63, 3.8) is 0 Å². The summed E-state index contributed by atoms with van der Waals surface area (Å²) in [7, 11) is 0. The second-order valence-corrected chi connectivity index (χ2v) is 5.22. The molecule has 0 spiro atoms. The van der Waals surface area contributed by atoms with E-state index in [-0.39, 0.29) is 5.91 Å². The molecule has 1 saturated heterocycles. The highest BCUT2D eigenvalue weighted by molar-refractivity contribution is 6.30. The van der Waals surface area contributed by atoms with Gasteiger partial charge >= 0.3 is 0 Å². The predicted octanol–water partition coefficient (Wildman–Crippen LogP) is 1.90. The number of pyridine rings is 1. The maximum Gasteiger partial charge on any atom is 0.272 e. The van der Waals surface area contributed by atoms with Gasteiger partial charge in [0, 0.05) is 43.4 Å². The number of nitrogens with zero attached hydrogens (tertiary/aromatic N) is 3. The van der Waals surface area contributed by atoms with Gasteiger partial charge in [0.1, 0.15) is 5.69 Å². The molecule has 0 unspecified atom stereocenters. The van der Waals surface area contributed by atoms with Gasteiger partial charge in [0.15, 0.2) is 0 Å². The van der Waals surface area contributed by atoms with Crippen molar-refractivity contribution < 1.29 is 4.79 Å². The average molecular weight is 268 g/mol. The van der Waals surface area contributed by atoms with Crippen molar-refractivity contribution in [2.75, 3.05) is 26.2 Å². The van der Waals surface area contributed by atoms with Crippen molar-refractivity contribution in [3.8, 4) is 0 Å². The molecule has 1 amide bonds. The van der Waals surface area contributed by atoms with Crippen LogP contribution in [-0.2, 0) is 0 Å². The Balaban J connectivity index is 1.99. The van der Waals surface area contributed by atoms with Gasteiger partial charge in [-0.05, 0) is 26.0 Å². The summed E-state index contributed by atoms with van der Waals surface area (Å²) in [6.07, 6.45) is 1.57. The summed E-state index contributed by atoms with van der Waals surface area (Å²) >= 11 is 5.87. The summed E-state index contributed by atoms with van der Waals surface area (Å²) < 4.78 is 0. The Bertz CT molecular complexity index is 428. The molecule has 0 saturated carbocycles. The van der Waals surface area contributed by atoms with Crippen LogP contribution >= 0.6 is 11.6 Å². The normalized spacial score (nSPS) is 17.2. The summed E-state index contributed by atoms with van der Waals surface area (Å²) in [6.45, 7) is 7.70. The predicted molar refractivity (Wildman–Crippen MR) is 71.9 cm³/mol. The summed E-state index contributed by atoms with van der Waals surface area (Å²) in [4.78, 5) is 20.5. The summed E-state index contributed by atoms with van der Waals surface area (Å²) in [6, 6.07) is 3.83. The number of piperazine rings is 1. The van der Waals surface area contributed by atoms with Crippen LogP contribution in [0, 0.1) is 0 Å². The van der Waals surface area contributed by atoms with Crippen LogP contribution in [-0.4, -0.2) is 52.9 Å². The summed E-state index contributed by atoms with van der Waals surface area (Å²) in [5.74, 6) is -0.0269. The lowest BCUT2D eigenvalue weighted by Gasteiger charge is -2.36. The Morgan fingerprint density at radius 1 is 1.33 bits per heavy atom. The van der Waals surface area contributed by atoms with Gasteiger partial charge in [0.25, 0.3) is 5.91 Å². The van der Waals surface area contributed by atoms with E-state index in [1.165, 1.54) is 0 Å². The van der Waals surface area contributed by atoms with Crippen molar-refractivity contribution in [3.05, 3.63) is 29.0 Å². The van der Waals surface area contributed by atoms with Gasteiger partial charge in [0.2, 0.25) is 0 Å². The zero-order valence-electron chi connectivity index (χ0n) is 10.8. The van der Waals surface area contributed by atoms with Gasteiger partial charge in [-0.1, -0.05) is 11.6 Å². The SMILES string of the molecule is CC(C)N1CCN(C(=O)c2cc(Cl)ccn2)CC1. The van der Waals surface area contributed by atoms with Gasteiger partial charge in [-0.3, -0.25) is 14.7 Å². The minimum absolute atomic E-state index is 0.0269. The fourth-order valence-electron chi connectivity index (χ4n) is 2.13.